The molecule has 0 unspecified atom stereocenters. The van der Waals surface area contributed by atoms with Crippen LogP contribution in [0.2, 0.25) is 0 Å². The molecule has 6 nitrogen and oxygen atoms in total. The van der Waals surface area contributed by atoms with Gasteiger partial charge in [0.2, 0.25) is 0 Å². The molecule has 7 heteroatoms. The minimum atomic E-state index is -0.463. The normalized spacial score (nSPS) is 15.4. The molecule has 130 valence electrons. The monoisotopic (exact) mass is 366 g/mol. The number of nitrogens with zero attached hydrogens (tertiary/aromatic N) is 2. The van der Waals surface area contributed by atoms with Gasteiger partial charge in [-0.05, 0) is 35.5 Å². The van der Waals surface area contributed by atoms with Gasteiger partial charge in [0.15, 0.2) is 11.5 Å². The summed E-state index contributed by atoms with van der Waals surface area (Å²) < 4.78 is 5.04. The van der Waals surface area contributed by atoms with E-state index in [1.54, 1.807) is 42.5 Å². The maximum atomic E-state index is 12.6. The largest absolute Gasteiger partial charge is 0.504 e. The standard InChI is InChI=1S/C19H14N2O4S/c1-25-15-8-4-7-12(17(15)22)9-16-18(23)21(19(24)26-16)11-14-6-3-2-5-13(14)10-20/h2-9,22H,11H2,1H3/b16-9-. The van der Waals surface area contributed by atoms with Crippen LogP contribution in [0.3, 0.4) is 0 Å². The first-order valence-electron chi connectivity index (χ1n) is 7.64. The van der Waals surface area contributed by atoms with Gasteiger partial charge in [0.05, 0.1) is 30.2 Å². The molecule has 26 heavy (non-hydrogen) atoms. The van der Waals surface area contributed by atoms with Gasteiger partial charge in [-0.3, -0.25) is 14.5 Å². The van der Waals surface area contributed by atoms with Crippen LogP contribution in [-0.4, -0.2) is 28.3 Å². The van der Waals surface area contributed by atoms with Crippen molar-refractivity contribution < 1.29 is 19.4 Å². The van der Waals surface area contributed by atoms with Crippen LogP contribution in [0.15, 0.2) is 47.4 Å². The van der Waals surface area contributed by atoms with E-state index in [0.717, 1.165) is 16.7 Å². The molecule has 1 N–H and O–H groups in total. The summed E-state index contributed by atoms with van der Waals surface area (Å²) in [6.45, 7) is 0.0236. The molecular weight excluding hydrogens is 352 g/mol. The average Bonchev–Trinajstić information content (AvgIpc) is 2.91. The first-order chi connectivity index (χ1) is 12.5. The number of phenols is 1. The van der Waals surface area contributed by atoms with Gasteiger partial charge in [-0.25, -0.2) is 0 Å². The molecule has 3 rings (SSSR count). The van der Waals surface area contributed by atoms with Crippen molar-refractivity contribution in [2.45, 2.75) is 6.54 Å². The van der Waals surface area contributed by atoms with Gasteiger partial charge in [0, 0.05) is 5.56 Å². The molecule has 1 saturated heterocycles. The Labute approximate surface area is 154 Å². The number of aromatic hydroxyl groups is 1. The van der Waals surface area contributed by atoms with E-state index in [9.17, 15) is 14.7 Å². The number of amides is 2. The Morgan fingerprint density at radius 2 is 2.00 bits per heavy atom. The van der Waals surface area contributed by atoms with Crippen LogP contribution >= 0.6 is 11.8 Å². The summed E-state index contributed by atoms with van der Waals surface area (Å²) in [5.41, 5.74) is 1.40. The van der Waals surface area contributed by atoms with Crippen molar-refractivity contribution in [3.05, 3.63) is 64.1 Å². The van der Waals surface area contributed by atoms with E-state index in [2.05, 4.69) is 6.07 Å². The molecule has 1 aliphatic rings. The van der Waals surface area contributed by atoms with Crippen molar-refractivity contribution in [3.63, 3.8) is 0 Å². The molecule has 0 spiro atoms. The van der Waals surface area contributed by atoms with Crippen molar-refractivity contribution in [2.24, 2.45) is 0 Å². The van der Waals surface area contributed by atoms with Crippen LogP contribution in [0.25, 0.3) is 6.08 Å². The van der Waals surface area contributed by atoms with Crippen molar-refractivity contribution in [3.8, 4) is 17.6 Å². The molecule has 0 bridgehead atoms. The van der Waals surface area contributed by atoms with Crippen molar-refractivity contribution >= 4 is 29.0 Å². The Kier molecular flexibility index (Phi) is 4.96. The lowest BCUT2D eigenvalue weighted by atomic mass is 10.1. The van der Waals surface area contributed by atoms with Gasteiger partial charge in [-0.15, -0.1) is 0 Å². The Morgan fingerprint density at radius 3 is 2.73 bits per heavy atom. The lowest BCUT2D eigenvalue weighted by Gasteiger charge is -2.13. The maximum absolute atomic E-state index is 12.6. The van der Waals surface area contributed by atoms with E-state index < -0.39 is 11.1 Å². The first kappa shape index (κ1) is 17.6. The number of methoxy groups -OCH3 is 1. The number of carbonyl (C=O) groups is 2. The van der Waals surface area contributed by atoms with Gasteiger partial charge in [-0.2, -0.15) is 5.26 Å². The molecule has 1 aliphatic heterocycles. The predicted molar refractivity (Wildman–Crippen MR) is 97.3 cm³/mol. The third-order valence-electron chi connectivity index (χ3n) is 3.88. The average molecular weight is 366 g/mol. The Bertz CT molecular complexity index is 962. The number of thioether (sulfide) groups is 1. The molecule has 1 heterocycles. The SMILES string of the molecule is COc1cccc(/C=C2\SC(=O)N(Cc3ccccc3C#N)C2=O)c1O. The molecule has 2 amide bonds. The number of nitriles is 1. The highest BCUT2D eigenvalue weighted by molar-refractivity contribution is 8.18. The van der Waals surface area contributed by atoms with Crippen molar-refractivity contribution in [2.75, 3.05) is 7.11 Å². The highest BCUT2D eigenvalue weighted by Gasteiger charge is 2.35. The zero-order valence-electron chi connectivity index (χ0n) is 13.8. The third kappa shape index (κ3) is 3.27. The highest BCUT2D eigenvalue weighted by Crippen LogP contribution is 2.37. The molecular formula is C19H14N2O4S. The van der Waals surface area contributed by atoms with E-state index >= 15 is 0 Å². The highest BCUT2D eigenvalue weighted by atomic mass is 32.2. The van der Waals surface area contributed by atoms with Crippen molar-refractivity contribution in [1.29, 1.82) is 5.26 Å². The van der Waals surface area contributed by atoms with E-state index in [4.69, 9.17) is 10.00 Å². The number of hydrogen-bond donors (Lipinski definition) is 1. The lowest BCUT2D eigenvalue weighted by Crippen LogP contribution is -2.27. The number of carbonyl (C=O) groups excluding carboxylic acids is 2. The summed E-state index contributed by atoms with van der Waals surface area (Å²) in [6, 6.07) is 13.8. The zero-order valence-corrected chi connectivity index (χ0v) is 14.6. The summed E-state index contributed by atoms with van der Waals surface area (Å²) in [6.07, 6.45) is 1.46. The lowest BCUT2D eigenvalue weighted by molar-refractivity contribution is -0.123. The van der Waals surface area contributed by atoms with Crippen molar-refractivity contribution in [1.82, 2.24) is 4.90 Å². The minimum Gasteiger partial charge on any atom is -0.504 e. The van der Waals surface area contributed by atoms with Crippen LogP contribution < -0.4 is 4.74 Å². The van der Waals surface area contributed by atoms with Crippen LogP contribution in [0, 0.1) is 11.3 Å². The number of ether oxygens (including phenoxy) is 1. The number of benzene rings is 2. The Balaban J connectivity index is 1.89. The van der Waals surface area contributed by atoms with Gasteiger partial charge in [0.1, 0.15) is 0 Å². The van der Waals surface area contributed by atoms with Crippen LogP contribution in [0.1, 0.15) is 16.7 Å². The first-order valence-corrected chi connectivity index (χ1v) is 8.46. The van der Waals surface area contributed by atoms with Gasteiger partial charge in [-0.1, -0.05) is 30.3 Å². The smallest absolute Gasteiger partial charge is 0.293 e. The number of para-hydroxylation sites is 1. The number of imide groups is 1. The quantitative estimate of drug-likeness (QED) is 0.833. The molecule has 1 fully saturated rings. The summed E-state index contributed by atoms with van der Waals surface area (Å²) in [4.78, 5) is 26.2. The fourth-order valence-corrected chi connectivity index (χ4v) is 3.36. The molecule has 0 radical (unpaired) electrons. The fourth-order valence-electron chi connectivity index (χ4n) is 2.54. The molecule has 0 saturated carbocycles. The Morgan fingerprint density at radius 1 is 1.23 bits per heavy atom. The number of rotatable bonds is 4. The van der Waals surface area contributed by atoms with Gasteiger partial charge in [0.25, 0.3) is 11.1 Å². The van der Waals surface area contributed by atoms with E-state index in [0.29, 0.717) is 16.7 Å². The molecule has 2 aromatic rings. The molecule has 2 aromatic carbocycles. The third-order valence-corrected chi connectivity index (χ3v) is 4.78. The van der Waals surface area contributed by atoms with E-state index in [1.807, 2.05) is 0 Å². The predicted octanol–water partition coefficient (Wildman–Crippen LogP) is 3.51. The fraction of sp³-hybridized carbons (Fsp3) is 0.105. The van der Waals surface area contributed by atoms with E-state index in [-0.39, 0.29) is 22.9 Å². The number of hydrogen-bond acceptors (Lipinski definition) is 6. The maximum Gasteiger partial charge on any atom is 0.293 e. The molecule has 0 atom stereocenters. The molecule has 0 aromatic heterocycles. The topological polar surface area (TPSA) is 90.6 Å². The second-order valence-corrected chi connectivity index (χ2v) is 6.43. The Hall–Kier alpha value is -3.24. The second kappa shape index (κ2) is 7.33. The summed E-state index contributed by atoms with van der Waals surface area (Å²) in [7, 11) is 1.43. The minimum absolute atomic E-state index is 0.0236. The van der Waals surface area contributed by atoms with Gasteiger partial charge < -0.3 is 9.84 Å². The van der Waals surface area contributed by atoms with Crippen LogP contribution in [0.5, 0.6) is 11.5 Å². The number of phenolic OH excluding ortho intramolecular Hbond substituents is 1. The van der Waals surface area contributed by atoms with E-state index in [1.165, 1.54) is 13.2 Å². The zero-order chi connectivity index (χ0) is 18.7. The summed E-state index contributed by atoms with van der Waals surface area (Å²) in [5, 5.41) is 18.9. The second-order valence-electron chi connectivity index (χ2n) is 5.43. The van der Waals surface area contributed by atoms with Gasteiger partial charge >= 0.3 is 0 Å². The summed E-state index contributed by atoms with van der Waals surface area (Å²) >= 11 is 0.795. The summed E-state index contributed by atoms with van der Waals surface area (Å²) in [5.74, 6) is -0.285. The van der Waals surface area contributed by atoms with Crippen LogP contribution in [-0.2, 0) is 11.3 Å². The molecule has 0 aliphatic carbocycles. The van der Waals surface area contributed by atoms with Crippen LogP contribution in [0.4, 0.5) is 4.79 Å².